The summed E-state index contributed by atoms with van der Waals surface area (Å²) in [6.45, 7) is 0. The molecule has 1 aliphatic rings. The maximum atomic E-state index is 5.94. The summed E-state index contributed by atoms with van der Waals surface area (Å²) in [6, 6.07) is 16.0. The number of halogens is 1. The second-order valence-electron chi connectivity index (χ2n) is 4.50. The Morgan fingerprint density at radius 1 is 1.00 bits per heavy atom. The molecule has 0 bridgehead atoms. The smallest absolute Gasteiger partial charge is 0.103 e. The predicted molar refractivity (Wildman–Crippen MR) is 80.3 cm³/mol. The van der Waals surface area contributed by atoms with Gasteiger partial charge < -0.3 is 5.73 Å². The fourth-order valence-corrected chi connectivity index (χ4v) is 2.38. The maximum Gasteiger partial charge on any atom is 0.103 e. The third kappa shape index (κ3) is 2.40. The van der Waals surface area contributed by atoms with E-state index in [1.54, 1.807) is 0 Å². The fourth-order valence-electron chi connectivity index (χ4n) is 2.25. The van der Waals surface area contributed by atoms with Crippen LogP contribution in [0.25, 0.3) is 5.57 Å². The largest absolute Gasteiger partial charge is 0.387 e. The quantitative estimate of drug-likeness (QED) is 0.842. The highest BCUT2D eigenvalue weighted by Crippen LogP contribution is 2.29. The van der Waals surface area contributed by atoms with Crippen LogP contribution in [0, 0.1) is 0 Å². The van der Waals surface area contributed by atoms with Crippen LogP contribution in [0.4, 0.5) is 0 Å². The number of fused-ring (bicyclic) bond motifs is 1. The van der Waals surface area contributed by atoms with Crippen LogP contribution in [0.5, 0.6) is 0 Å². The molecule has 1 aliphatic heterocycles. The van der Waals surface area contributed by atoms with E-state index in [1.807, 2.05) is 42.6 Å². The van der Waals surface area contributed by atoms with Crippen molar-refractivity contribution in [3.05, 3.63) is 76.4 Å². The second-order valence-corrected chi connectivity index (χ2v) is 4.94. The first-order chi connectivity index (χ1) is 9.24. The van der Waals surface area contributed by atoms with Gasteiger partial charge >= 0.3 is 0 Å². The van der Waals surface area contributed by atoms with Crippen LogP contribution in [0.1, 0.15) is 16.7 Å². The number of nitrogens with two attached hydrogens (primary N) is 1. The van der Waals surface area contributed by atoms with E-state index >= 15 is 0 Å². The summed E-state index contributed by atoms with van der Waals surface area (Å²) in [7, 11) is 0. The zero-order valence-electron chi connectivity index (χ0n) is 10.3. The van der Waals surface area contributed by atoms with E-state index in [0.29, 0.717) is 12.3 Å². The average Bonchev–Trinajstić information content (AvgIpc) is 2.58. The van der Waals surface area contributed by atoms with Gasteiger partial charge in [0.1, 0.15) is 5.84 Å². The van der Waals surface area contributed by atoms with Crippen LogP contribution in [0.2, 0.25) is 5.02 Å². The highest BCUT2D eigenvalue weighted by Gasteiger charge is 2.13. The molecule has 19 heavy (non-hydrogen) atoms. The molecule has 1 heterocycles. The Bertz CT molecular complexity index is 669. The molecular formula is C16H13ClN2. The van der Waals surface area contributed by atoms with Gasteiger partial charge in [0.2, 0.25) is 0 Å². The summed E-state index contributed by atoms with van der Waals surface area (Å²) in [5.41, 5.74) is 10.4. The first kappa shape index (κ1) is 12.0. The molecule has 0 spiro atoms. The van der Waals surface area contributed by atoms with Gasteiger partial charge in [-0.05, 0) is 28.8 Å². The summed E-state index contributed by atoms with van der Waals surface area (Å²) in [4.78, 5) is 4.32. The van der Waals surface area contributed by atoms with Gasteiger partial charge in [-0.2, -0.15) is 0 Å². The third-order valence-electron chi connectivity index (χ3n) is 3.19. The Labute approximate surface area is 117 Å². The van der Waals surface area contributed by atoms with Crippen molar-refractivity contribution in [3.8, 4) is 0 Å². The number of hydrogen-bond acceptors (Lipinski definition) is 2. The first-order valence-electron chi connectivity index (χ1n) is 6.10. The molecule has 2 nitrogen and oxygen atoms in total. The van der Waals surface area contributed by atoms with Crippen LogP contribution in [-0.4, -0.2) is 5.84 Å². The summed E-state index contributed by atoms with van der Waals surface area (Å²) in [5.74, 6) is 0.636. The molecule has 0 fully saturated rings. The molecule has 0 unspecified atom stereocenters. The molecule has 2 N–H and O–H groups in total. The Balaban J connectivity index is 2.17. The van der Waals surface area contributed by atoms with Crippen LogP contribution < -0.4 is 5.73 Å². The molecule has 2 aromatic carbocycles. The SMILES string of the molecule is NC1=NC=C(c2ccc(Cl)cc2)c2ccccc2C1. The highest BCUT2D eigenvalue weighted by molar-refractivity contribution is 6.30. The normalized spacial score (nSPS) is 14.2. The monoisotopic (exact) mass is 268 g/mol. The topological polar surface area (TPSA) is 38.4 Å². The standard InChI is InChI=1S/C16H13ClN2/c17-13-7-5-11(6-8-13)15-10-19-16(18)9-12-3-1-2-4-14(12)15/h1-8,10H,9H2,(H2,18,19). The number of nitrogens with zero attached hydrogens (tertiary/aromatic N) is 1. The van der Waals surface area contributed by atoms with E-state index in [-0.39, 0.29) is 0 Å². The molecule has 0 saturated heterocycles. The van der Waals surface area contributed by atoms with Gasteiger partial charge in [0, 0.05) is 23.2 Å². The van der Waals surface area contributed by atoms with E-state index < -0.39 is 0 Å². The van der Waals surface area contributed by atoms with Gasteiger partial charge in [0.15, 0.2) is 0 Å². The van der Waals surface area contributed by atoms with E-state index in [0.717, 1.165) is 16.2 Å². The minimum Gasteiger partial charge on any atom is -0.387 e. The van der Waals surface area contributed by atoms with Crippen LogP contribution in [0.15, 0.2) is 59.7 Å². The van der Waals surface area contributed by atoms with E-state index in [2.05, 4.69) is 17.1 Å². The minimum absolute atomic E-state index is 0.636. The van der Waals surface area contributed by atoms with Gasteiger partial charge in [-0.3, -0.25) is 0 Å². The van der Waals surface area contributed by atoms with Crippen molar-refractivity contribution in [1.29, 1.82) is 0 Å². The molecule has 3 heteroatoms. The summed E-state index contributed by atoms with van der Waals surface area (Å²) in [6.07, 6.45) is 2.52. The fraction of sp³-hybridized carbons (Fsp3) is 0.0625. The molecule has 3 rings (SSSR count). The maximum absolute atomic E-state index is 5.94. The van der Waals surface area contributed by atoms with E-state index in [4.69, 9.17) is 17.3 Å². The van der Waals surface area contributed by atoms with Crippen molar-refractivity contribution in [2.75, 3.05) is 0 Å². The average molecular weight is 269 g/mol. The van der Waals surface area contributed by atoms with Crippen molar-refractivity contribution in [2.45, 2.75) is 6.42 Å². The zero-order valence-corrected chi connectivity index (χ0v) is 11.1. The summed E-state index contributed by atoms with van der Waals surface area (Å²) >= 11 is 5.94. The molecule has 0 atom stereocenters. The minimum atomic E-state index is 0.636. The highest BCUT2D eigenvalue weighted by atomic mass is 35.5. The van der Waals surface area contributed by atoms with E-state index in [9.17, 15) is 0 Å². The molecule has 0 amide bonds. The Morgan fingerprint density at radius 3 is 2.53 bits per heavy atom. The number of amidine groups is 1. The Kier molecular flexibility index (Phi) is 3.10. The molecule has 0 saturated carbocycles. The van der Waals surface area contributed by atoms with Crippen molar-refractivity contribution in [2.24, 2.45) is 10.7 Å². The Morgan fingerprint density at radius 2 is 1.74 bits per heavy atom. The lowest BCUT2D eigenvalue weighted by atomic mass is 9.94. The zero-order chi connectivity index (χ0) is 13.2. The first-order valence-corrected chi connectivity index (χ1v) is 6.48. The van der Waals surface area contributed by atoms with Crippen molar-refractivity contribution in [3.63, 3.8) is 0 Å². The lowest BCUT2D eigenvalue weighted by Crippen LogP contribution is -2.14. The second kappa shape index (κ2) is 4.90. The molecule has 0 radical (unpaired) electrons. The molecule has 0 aromatic heterocycles. The van der Waals surface area contributed by atoms with Gasteiger partial charge in [-0.15, -0.1) is 0 Å². The number of rotatable bonds is 1. The lowest BCUT2D eigenvalue weighted by Gasteiger charge is -2.10. The third-order valence-corrected chi connectivity index (χ3v) is 3.45. The molecule has 0 aliphatic carbocycles. The van der Waals surface area contributed by atoms with Crippen molar-refractivity contribution < 1.29 is 0 Å². The molecular weight excluding hydrogens is 256 g/mol. The molecule has 2 aromatic rings. The summed E-state index contributed by atoms with van der Waals surface area (Å²) in [5, 5.41) is 0.731. The van der Waals surface area contributed by atoms with Gasteiger partial charge in [0.05, 0.1) is 0 Å². The molecule has 94 valence electrons. The number of benzene rings is 2. The predicted octanol–water partition coefficient (Wildman–Crippen LogP) is 3.64. The van der Waals surface area contributed by atoms with Gasteiger partial charge in [0.25, 0.3) is 0 Å². The van der Waals surface area contributed by atoms with Gasteiger partial charge in [-0.25, -0.2) is 4.99 Å². The van der Waals surface area contributed by atoms with Gasteiger partial charge in [-0.1, -0.05) is 48.0 Å². The van der Waals surface area contributed by atoms with Crippen molar-refractivity contribution in [1.82, 2.24) is 0 Å². The van der Waals surface area contributed by atoms with E-state index in [1.165, 1.54) is 11.1 Å². The lowest BCUT2D eigenvalue weighted by molar-refractivity contribution is 1.28. The van der Waals surface area contributed by atoms with Crippen LogP contribution in [-0.2, 0) is 6.42 Å². The number of hydrogen-bond donors (Lipinski definition) is 1. The summed E-state index contributed by atoms with van der Waals surface area (Å²) < 4.78 is 0. The Hall–Kier alpha value is -2.06. The number of aliphatic imine (C=N–C) groups is 1. The van der Waals surface area contributed by atoms with Crippen LogP contribution >= 0.6 is 11.6 Å². The van der Waals surface area contributed by atoms with Crippen LogP contribution in [0.3, 0.4) is 0 Å². The van der Waals surface area contributed by atoms with Crippen molar-refractivity contribution >= 4 is 23.0 Å².